The molecule has 1 fully saturated rings. The Morgan fingerprint density at radius 2 is 1.85 bits per heavy atom. The molecule has 0 radical (unpaired) electrons. The van der Waals surface area contributed by atoms with Gasteiger partial charge in [0.05, 0.1) is 0 Å². The van der Waals surface area contributed by atoms with E-state index in [0.29, 0.717) is 31.2 Å². The highest BCUT2D eigenvalue weighted by molar-refractivity contribution is 5.92. The van der Waals surface area contributed by atoms with Crippen LogP contribution in [0.25, 0.3) is 0 Å². The summed E-state index contributed by atoms with van der Waals surface area (Å²) in [6.07, 6.45) is 1.51. The molecule has 5 nitrogen and oxygen atoms in total. The van der Waals surface area contributed by atoms with E-state index in [2.05, 4.69) is 39.9 Å². The van der Waals surface area contributed by atoms with Crippen molar-refractivity contribution in [2.24, 2.45) is 5.92 Å². The van der Waals surface area contributed by atoms with E-state index in [0.717, 1.165) is 6.42 Å². The van der Waals surface area contributed by atoms with Crippen molar-refractivity contribution in [1.82, 2.24) is 10.2 Å². The molecule has 2 rings (SSSR count). The third kappa shape index (κ3) is 5.24. The van der Waals surface area contributed by atoms with E-state index in [9.17, 15) is 9.59 Å². The second kappa shape index (κ2) is 8.32. The summed E-state index contributed by atoms with van der Waals surface area (Å²) in [7, 11) is 0. The Bertz CT molecular complexity index is 661. The smallest absolute Gasteiger partial charge is 0.261 e. The summed E-state index contributed by atoms with van der Waals surface area (Å²) in [6, 6.07) is 7.84. The third-order valence-electron chi connectivity index (χ3n) is 5.18. The van der Waals surface area contributed by atoms with Crippen LogP contribution in [0.5, 0.6) is 5.75 Å². The molecule has 0 aromatic heterocycles. The number of hydrogen-bond acceptors (Lipinski definition) is 3. The van der Waals surface area contributed by atoms with Crippen LogP contribution < -0.4 is 10.1 Å². The molecule has 1 aromatic rings. The zero-order valence-corrected chi connectivity index (χ0v) is 17.6. The van der Waals surface area contributed by atoms with Gasteiger partial charge in [-0.15, -0.1) is 0 Å². The van der Waals surface area contributed by atoms with E-state index >= 15 is 0 Å². The van der Waals surface area contributed by atoms with Crippen molar-refractivity contribution in [2.75, 3.05) is 19.7 Å². The van der Waals surface area contributed by atoms with Gasteiger partial charge in [0.2, 0.25) is 5.91 Å². The first-order valence-electron chi connectivity index (χ1n) is 9.86. The summed E-state index contributed by atoms with van der Waals surface area (Å²) in [5.74, 6) is 0.829. The number of ether oxygens (including phenoxy) is 1. The molecule has 1 atom stereocenters. The molecular formula is C22H34N2O3. The standard InChI is InChI=1S/C22H34N2O3/c1-16(2)14-23-20(26)22(6)12-7-13-24(22)19(25)15-27-18-10-8-17(9-11-18)21(3,4)5/h8-11,16H,7,12-15H2,1-6H3,(H,23,26). The summed E-state index contributed by atoms with van der Waals surface area (Å²) < 4.78 is 5.70. The molecule has 1 aliphatic heterocycles. The highest BCUT2D eigenvalue weighted by Gasteiger charge is 2.45. The third-order valence-corrected chi connectivity index (χ3v) is 5.18. The van der Waals surface area contributed by atoms with Crippen LogP contribution in [-0.2, 0) is 15.0 Å². The van der Waals surface area contributed by atoms with Crippen molar-refractivity contribution in [2.45, 2.75) is 65.3 Å². The molecule has 1 aromatic carbocycles. The Morgan fingerprint density at radius 3 is 2.41 bits per heavy atom. The summed E-state index contributed by atoms with van der Waals surface area (Å²) in [5, 5.41) is 2.97. The number of rotatable bonds is 6. The molecule has 0 saturated carbocycles. The van der Waals surface area contributed by atoms with Crippen molar-refractivity contribution in [3.05, 3.63) is 29.8 Å². The van der Waals surface area contributed by atoms with Crippen LogP contribution in [0.1, 0.15) is 59.9 Å². The molecule has 0 aliphatic carbocycles. The number of benzene rings is 1. The predicted molar refractivity (Wildman–Crippen MR) is 108 cm³/mol. The van der Waals surface area contributed by atoms with Gasteiger partial charge < -0.3 is 15.0 Å². The highest BCUT2D eigenvalue weighted by Crippen LogP contribution is 2.30. The van der Waals surface area contributed by atoms with Gasteiger partial charge in [-0.05, 0) is 48.8 Å². The lowest BCUT2D eigenvalue weighted by atomic mass is 9.87. The Kier molecular flexibility index (Phi) is 6.55. The van der Waals surface area contributed by atoms with Crippen LogP contribution in [0.2, 0.25) is 0 Å². The van der Waals surface area contributed by atoms with Crippen molar-refractivity contribution in [3.63, 3.8) is 0 Å². The minimum Gasteiger partial charge on any atom is -0.484 e. The van der Waals surface area contributed by atoms with Crippen LogP contribution in [0.15, 0.2) is 24.3 Å². The van der Waals surface area contributed by atoms with Gasteiger partial charge >= 0.3 is 0 Å². The van der Waals surface area contributed by atoms with Crippen LogP contribution in [0, 0.1) is 5.92 Å². The number of hydrogen-bond donors (Lipinski definition) is 1. The zero-order valence-electron chi connectivity index (χ0n) is 17.6. The highest BCUT2D eigenvalue weighted by atomic mass is 16.5. The molecule has 0 bridgehead atoms. The molecule has 5 heteroatoms. The molecule has 150 valence electrons. The van der Waals surface area contributed by atoms with Crippen LogP contribution in [0.3, 0.4) is 0 Å². The first-order valence-corrected chi connectivity index (χ1v) is 9.86. The van der Waals surface area contributed by atoms with Crippen LogP contribution in [0.4, 0.5) is 0 Å². The Balaban J connectivity index is 1.97. The number of likely N-dealkylation sites (tertiary alicyclic amines) is 1. The summed E-state index contributed by atoms with van der Waals surface area (Å²) in [6.45, 7) is 13.6. The van der Waals surface area contributed by atoms with Gasteiger partial charge in [-0.2, -0.15) is 0 Å². The lowest BCUT2D eigenvalue weighted by molar-refractivity contribution is -0.145. The molecule has 1 N–H and O–H groups in total. The number of amides is 2. The first kappa shape index (κ1) is 21.3. The summed E-state index contributed by atoms with van der Waals surface area (Å²) in [4.78, 5) is 27.0. The van der Waals surface area contributed by atoms with Crippen molar-refractivity contribution >= 4 is 11.8 Å². The summed E-state index contributed by atoms with van der Waals surface area (Å²) >= 11 is 0. The fourth-order valence-electron chi connectivity index (χ4n) is 3.36. The van der Waals surface area contributed by atoms with E-state index in [1.165, 1.54) is 5.56 Å². The van der Waals surface area contributed by atoms with Crippen molar-refractivity contribution in [3.8, 4) is 5.75 Å². The number of nitrogens with one attached hydrogen (secondary N) is 1. The van der Waals surface area contributed by atoms with Crippen molar-refractivity contribution in [1.29, 1.82) is 0 Å². The molecule has 27 heavy (non-hydrogen) atoms. The molecule has 0 spiro atoms. The lowest BCUT2D eigenvalue weighted by Crippen LogP contribution is -2.56. The average Bonchev–Trinajstić information content (AvgIpc) is 3.00. The van der Waals surface area contributed by atoms with Crippen molar-refractivity contribution < 1.29 is 14.3 Å². The topological polar surface area (TPSA) is 58.6 Å². The number of nitrogens with zero attached hydrogens (tertiary/aromatic N) is 1. The molecule has 1 unspecified atom stereocenters. The van der Waals surface area contributed by atoms with Gasteiger partial charge in [-0.1, -0.05) is 46.8 Å². The normalized spacial score (nSPS) is 20.0. The lowest BCUT2D eigenvalue weighted by Gasteiger charge is -2.34. The van der Waals surface area contributed by atoms with Gasteiger partial charge in [0.15, 0.2) is 6.61 Å². The van der Waals surface area contributed by atoms with E-state index in [-0.39, 0.29) is 23.8 Å². The molecule has 1 aliphatic rings. The maximum atomic E-state index is 12.7. The quantitative estimate of drug-likeness (QED) is 0.829. The minimum absolute atomic E-state index is 0.0537. The Labute approximate surface area is 163 Å². The molecule has 2 amide bonds. The minimum atomic E-state index is -0.786. The monoisotopic (exact) mass is 374 g/mol. The second-order valence-corrected chi connectivity index (χ2v) is 9.09. The van der Waals surface area contributed by atoms with E-state index in [4.69, 9.17) is 4.74 Å². The average molecular weight is 375 g/mol. The second-order valence-electron chi connectivity index (χ2n) is 9.09. The fraction of sp³-hybridized carbons (Fsp3) is 0.636. The van der Waals surface area contributed by atoms with E-state index < -0.39 is 5.54 Å². The molecular weight excluding hydrogens is 340 g/mol. The van der Waals surface area contributed by atoms with Gasteiger partial charge in [-0.25, -0.2) is 0 Å². The SMILES string of the molecule is CC(C)CNC(=O)C1(C)CCCN1C(=O)COc1ccc(C(C)(C)C)cc1. The number of carbonyl (C=O) groups is 2. The summed E-state index contributed by atoms with van der Waals surface area (Å²) in [5.41, 5.74) is 0.510. The maximum absolute atomic E-state index is 12.7. The molecule has 1 saturated heterocycles. The van der Waals surface area contributed by atoms with Gasteiger partial charge in [0.1, 0.15) is 11.3 Å². The Morgan fingerprint density at radius 1 is 1.22 bits per heavy atom. The molecule has 1 heterocycles. The fourth-order valence-corrected chi connectivity index (χ4v) is 3.36. The maximum Gasteiger partial charge on any atom is 0.261 e. The van der Waals surface area contributed by atoms with Gasteiger partial charge in [-0.3, -0.25) is 9.59 Å². The van der Waals surface area contributed by atoms with Crippen LogP contribution in [-0.4, -0.2) is 41.9 Å². The number of carbonyl (C=O) groups excluding carboxylic acids is 2. The Hall–Kier alpha value is -2.04. The van der Waals surface area contributed by atoms with E-state index in [1.54, 1.807) is 4.90 Å². The first-order chi connectivity index (χ1) is 12.5. The van der Waals surface area contributed by atoms with E-state index in [1.807, 2.05) is 31.2 Å². The van der Waals surface area contributed by atoms with Crippen LogP contribution >= 0.6 is 0 Å². The zero-order chi connectivity index (χ0) is 20.2. The van der Waals surface area contributed by atoms with Gasteiger partial charge in [0.25, 0.3) is 5.91 Å². The predicted octanol–water partition coefficient (Wildman–Crippen LogP) is 3.52. The van der Waals surface area contributed by atoms with Gasteiger partial charge in [0, 0.05) is 13.1 Å². The largest absolute Gasteiger partial charge is 0.484 e.